The minimum Gasteiger partial charge on any atom is -0.493 e. The molecule has 0 bridgehead atoms. The first-order valence-electron chi connectivity index (χ1n) is 6.82. The maximum atomic E-state index is 11.5. The van der Waals surface area contributed by atoms with Crippen LogP contribution < -0.4 is 20.1 Å². The Balaban J connectivity index is 2.35. The average molecular weight is 325 g/mol. The van der Waals surface area contributed by atoms with Crippen LogP contribution in [0.3, 0.4) is 0 Å². The molecule has 22 heavy (non-hydrogen) atoms. The fourth-order valence-electron chi connectivity index (χ4n) is 1.87. The van der Waals surface area contributed by atoms with Gasteiger partial charge < -0.3 is 14.8 Å². The second-order valence-electron chi connectivity index (χ2n) is 4.84. The highest BCUT2D eigenvalue weighted by atomic mass is 35.5. The molecule has 1 atom stereocenters. The molecule has 3 amide bonds. The Hall–Kier alpha value is -2.21. The molecule has 1 saturated heterocycles. The SMILES string of the molecule is CCC(C)Oc1c(Cl)cc(/C=C2\NC(=O)NC2=O)cc1OC. The standard InChI is InChI=1S/C15H17ClN2O4/c1-4-8(2)22-13-10(16)5-9(7-12(13)21-3)6-11-14(19)18-15(20)17-11/h5-8H,4H2,1-3H3,(H2,17,18,19,20)/b11-6-. The maximum absolute atomic E-state index is 11.5. The molecule has 0 saturated carbocycles. The van der Waals surface area contributed by atoms with E-state index >= 15 is 0 Å². The number of amides is 3. The van der Waals surface area contributed by atoms with Crippen LogP contribution in [-0.4, -0.2) is 25.2 Å². The van der Waals surface area contributed by atoms with E-state index in [1.165, 1.54) is 13.2 Å². The van der Waals surface area contributed by atoms with Crippen LogP contribution in [0.25, 0.3) is 6.08 Å². The van der Waals surface area contributed by atoms with Gasteiger partial charge in [-0.1, -0.05) is 18.5 Å². The van der Waals surface area contributed by atoms with Crippen LogP contribution in [0.4, 0.5) is 4.79 Å². The van der Waals surface area contributed by atoms with E-state index in [2.05, 4.69) is 10.6 Å². The van der Waals surface area contributed by atoms with Crippen LogP contribution in [0, 0.1) is 0 Å². The first-order valence-corrected chi connectivity index (χ1v) is 7.20. The molecule has 118 valence electrons. The van der Waals surface area contributed by atoms with Crippen molar-refractivity contribution in [3.8, 4) is 11.5 Å². The Bertz CT molecular complexity index is 643. The molecule has 2 N–H and O–H groups in total. The lowest BCUT2D eigenvalue weighted by Gasteiger charge is -2.17. The zero-order valence-electron chi connectivity index (χ0n) is 12.5. The Labute approximate surface area is 133 Å². The normalized spacial score (nSPS) is 17.2. The summed E-state index contributed by atoms with van der Waals surface area (Å²) in [5.41, 5.74) is 0.768. The number of methoxy groups -OCH3 is 1. The van der Waals surface area contributed by atoms with Crippen LogP contribution in [0.15, 0.2) is 17.8 Å². The Morgan fingerprint density at radius 1 is 1.32 bits per heavy atom. The number of urea groups is 1. The van der Waals surface area contributed by atoms with Crippen LogP contribution in [0.5, 0.6) is 11.5 Å². The molecule has 7 heteroatoms. The van der Waals surface area contributed by atoms with E-state index in [4.69, 9.17) is 21.1 Å². The van der Waals surface area contributed by atoms with Crippen LogP contribution in [0.2, 0.25) is 5.02 Å². The molecule has 2 rings (SSSR count). The summed E-state index contributed by atoms with van der Waals surface area (Å²) in [4.78, 5) is 22.6. The van der Waals surface area contributed by atoms with Gasteiger partial charge in [0, 0.05) is 0 Å². The summed E-state index contributed by atoms with van der Waals surface area (Å²) < 4.78 is 11.1. The van der Waals surface area contributed by atoms with Gasteiger partial charge in [0.1, 0.15) is 5.70 Å². The molecule has 0 aromatic heterocycles. The number of ether oxygens (including phenoxy) is 2. The van der Waals surface area contributed by atoms with Gasteiger partial charge in [-0.25, -0.2) is 4.79 Å². The van der Waals surface area contributed by atoms with Crippen molar-refractivity contribution in [2.45, 2.75) is 26.4 Å². The molecular formula is C15H17ClN2O4. The van der Waals surface area contributed by atoms with Crippen molar-refractivity contribution < 1.29 is 19.1 Å². The second-order valence-corrected chi connectivity index (χ2v) is 5.24. The van der Waals surface area contributed by atoms with Gasteiger partial charge in [0.25, 0.3) is 5.91 Å². The Morgan fingerprint density at radius 3 is 2.59 bits per heavy atom. The van der Waals surface area contributed by atoms with Crippen LogP contribution in [0.1, 0.15) is 25.8 Å². The third kappa shape index (κ3) is 3.51. The van der Waals surface area contributed by atoms with Crippen LogP contribution >= 0.6 is 11.6 Å². The van der Waals surface area contributed by atoms with Gasteiger partial charge in [0.05, 0.1) is 18.2 Å². The molecule has 1 aromatic carbocycles. The summed E-state index contributed by atoms with van der Waals surface area (Å²) in [6.45, 7) is 3.94. The van der Waals surface area contributed by atoms with E-state index in [0.29, 0.717) is 22.1 Å². The molecule has 0 aliphatic carbocycles. The van der Waals surface area contributed by atoms with Crippen molar-refractivity contribution in [3.05, 3.63) is 28.4 Å². The van der Waals surface area contributed by atoms with E-state index in [9.17, 15) is 9.59 Å². The number of halogens is 1. The number of carbonyl (C=O) groups is 2. The predicted octanol–water partition coefficient (Wildman–Crippen LogP) is 2.71. The number of hydrogen-bond acceptors (Lipinski definition) is 4. The summed E-state index contributed by atoms with van der Waals surface area (Å²) in [5.74, 6) is 0.435. The molecule has 1 aliphatic heterocycles. The molecule has 1 unspecified atom stereocenters. The van der Waals surface area contributed by atoms with E-state index in [1.807, 2.05) is 13.8 Å². The van der Waals surface area contributed by atoms with Gasteiger partial charge >= 0.3 is 6.03 Å². The lowest BCUT2D eigenvalue weighted by Crippen LogP contribution is -2.22. The Kier molecular flexibility index (Phi) is 4.92. The van der Waals surface area contributed by atoms with Crippen molar-refractivity contribution in [3.63, 3.8) is 0 Å². The minimum absolute atomic E-state index is 0.00416. The number of carbonyl (C=O) groups excluding carboxylic acids is 2. The van der Waals surface area contributed by atoms with E-state index in [-0.39, 0.29) is 11.8 Å². The summed E-state index contributed by atoms with van der Waals surface area (Å²) in [5, 5.41) is 4.91. The maximum Gasteiger partial charge on any atom is 0.326 e. The van der Waals surface area contributed by atoms with Crippen molar-refractivity contribution >= 4 is 29.6 Å². The number of imide groups is 1. The van der Waals surface area contributed by atoms with Crippen molar-refractivity contribution in [2.75, 3.05) is 7.11 Å². The summed E-state index contributed by atoms with van der Waals surface area (Å²) in [6, 6.07) is 2.78. The molecule has 1 fully saturated rings. The van der Waals surface area contributed by atoms with Gasteiger partial charge in [-0.2, -0.15) is 0 Å². The first kappa shape index (κ1) is 16.2. The monoisotopic (exact) mass is 324 g/mol. The zero-order chi connectivity index (χ0) is 16.3. The number of hydrogen-bond donors (Lipinski definition) is 2. The Morgan fingerprint density at radius 2 is 2.05 bits per heavy atom. The fraction of sp³-hybridized carbons (Fsp3) is 0.333. The van der Waals surface area contributed by atoms with Gasteiger partial charge in [-0.3, -0.25) is 10.1 Å². The highest BCUT2D eigenvalue weighted by molar-refractivity contribution is 6.32. The first-order chi connectivity index (χ1) is 10.4. The third-order valence-electron chi connectivity index (χ3n) is 3.18. The summed E-state index contributed by atoms with van der Waals surface area (Å²) in [7, 11) is 1.51. The molecular weight excluding hydrogens is 308 g/mol. The minimum atomic E-state index is -0.550. The molecule has 0 radical (unpaired) electrons. The highest BCUT2D eigenvalue weighted by Gasteiger charge is 2.23. The lowest BCUT2D eigenvalue weighted by molar-refractivity contribution is -0.115. The van der Waals surface area contributed by atoms with Gasteiger partial charge in [-0.15, -0.1) is 0 Å². The molecule has 1 aliphatic rings. The second kappa shape index (κ2) is 6.70. The lowest BCUT2D eigenvalue weighted by atomic mass is 10.1. The molecule has 0 spiro atoms. The largest absolute Gasteiger partial charge is 0.493 e. The molecule has 1 aromatic rings. The number of nitrogens with one attached hydrogen (secondary N) is 2. The summed E-state index contributed by atoms with van der Waals surface area (Å²) in [6.07, 6.45) is 2.34. The van der Waals surface area contributed by atoms with E-state index in [0.717, 1.165) is 6.42 Å². The topological polar surface area (TPSA) is 76.7 Å². The van der Waals surface area contributed by atoms with Gasteiger partial charge in [0.15, 0.2) is 11.5 Å². The van der Waals surface area contributed by atoms with Crippen LogP contribution in [-0.2, 0) is 4.79 Å². The molecule has 6 nitrogen and oxygen atoms in total. The average Bonchev–Trinajstić information content (AvgIpc) is 2.79. The smallest absolute Gasteiger partial charge is 0.326 e. The molecule has 1 heterocycles. The van der Waals surface area contributed by atoms with Crippen molar-refractivity contribution in [1.82, 2.24) is 10.6 Å². The van der Waals surface area contributed by atoms with E-state index < -0.39 is 11.9 Å². The number of rotatable bonds is 5. The summed E-state index contributed by atoms with van der Waals surface area (Å²) >= 11 is 6.24. The van der Waals surface area contributed by atoms with Gasteiger partial charge in [-0.05, 0) is 37.1 Å². The zero-order valence-corrected chi connectivity index (χ0v) is 13.3. The van der Waals surface area contributed by atoms with E-state index in [1.54, 1.807) is 12.1 Å². The van der Waals surface area contributed by atoms with Gasteiger partial charge in [0.2, 0.25) is 0 Å². The quantitative estimate of drug-likeness (QED) is 0.645. The third-order valence-corrected chi connectivity index (χ3v) is 3.46. The number of benzene rings is 1. The fourth-order valence-corrected chi connectivity index (χ4v) is 2.13. The highest BCUT2D eigenvalue weighted by Crippen LogP contribution is 2.37. The van der Waals surface area contributed by atoms with Crippen molar-refractivity contribution in [1.29, 1.82) is 0 Å². The predicted molar refractivity (Wildman–Crippen MR) is 83.0 cm³/mol. The van der Waals surface area contributed by atoms with Crippen molar-refractivity contribution in [2.24, 2.45) is 0 Å².